The van der Waals surface area contributed by atoms with Crippen LogP contribution in [0.25, 0.3) is 11.5 Å². The summed E-state index contributed by atoms with van der Waals surface area (Å²) in [6.07, 6.45) is 3.66. The molecule has 0 bridgehead atoms. The molecule has 5 heteroatoms. The fraction of sp³-hybridized carbons (Fsp3) is 0.188. The van der Waals surface area contributed by atoms with Gasteiger partial charge in [0.15, 0.2) is 0 Å². The molecule has 0 saturated heterocycles. The van der Waals surface area contributed by atoms with Gasteiger partial charge in [0.25, 0.3) is 0 Å². The first-order chi connectivity index (χ1) is 10.3. The maximum absolute atomic E-state index is 5.64. The zero-order valence-corrected chi connectivity index (χ0v) is 11.8. The van der Waals surface area contributed by atoms with Crippen molar-refractivity contribution >= 4 is 0 Å². The quantitative estimate of drug-likeness (QED) is 0.778. The molecule has 0 atom stereocenters. The average molecular weight is 280 g/mol. The van der Waals surface area contributed by atoms with E-state index >= 15 is 0 Å². The molecule has 21 heavy (non-hydrogen) atoms. The summed E-state index contributed by atoms with van der Waals surface area (Å²) >= 11 is 0. The molecule has 0 fully saturated rings. The lowest BCUT2D eigenvalue weighted by atomic mass is 10.1. The number of hydrogen-bond acceptors (Lipinski definition) is 5. The topological polar surface area (TPSA) is 63.8 Å². The minimum absolute atomic E-state index is 0.536. The fourth-order valence-electron chi connectivity index (χ4n) is 2.01. The van der Waals surface area contributed by atoms with Crippen molar-refractivity contribution in [1.82, 2.24) is 20.5 Å². The van der Waals surface area contributed by atoms with E-state index < -0.39 is 0 Å². The maximum atomic E-state index is 5.64. The van der Waals surface area contributed by atoms with Gasteiger partial charge in [0.2, 0.25) is 11.8 Å². The Hall–Kier alpha value is -2.53. The van der Waals surface area contributed by atoms with Crippen molar-refractivity contribution in [3.63, 3.8) is 0 Å². The van der Waals surface area contributed by atoms with Crippen molar-refractivity contribution in [3.8, 4) is 11.5 Å². The lowest BCUT2D eigenvalue weighted by molar-refractivity contribution is 0.477. The van der Waals surface area contributed by atoms with E-state index in [0.29, 0.717) is 18.3 Å². The largest absolute Gasteiger partial charge is 0.419 e. The number of nitrogens with zero attached hydrogens (tertiary/aromatic N) is 3. The van der Waals surface area contributed by atoms with Gasteiger partial charge in [-0.2, -0.15) is 0 Å². The fourth-order valence-corrected chi connectivity index (χ4v) is 2.01. The highest BCUT2D eigenvalue weighted by atomic mass is 16.4. The molecule has 0 radical (unpaired) electrons. The SMILES string of the molecule is Cc1ccncc1CNCc1nnc(-c2ccccc2)o1. The van der Waals surface area contributed by atoms with Crippen molar-refractivity contribution in [3.05, 3.63) is 65.8 Å². The third-order valence-electron chi connectivity index (χ3n) is 3.23. The summed E-state index contributed by atoms with van der Waals surface area (Å²) in [6, 6.07) is 11.7. The number of nitrogens with one attached hydrogen (secondary N) is 1. The second-order valence-electron chi connectivity index (χ2n) is 4.77. The van der Waals surface area contributed by atoms with Crippen molar-refractivity contribution in [2.24, 2.45) is 0 Å². The Morgan fingerprint density at radius 3 is 2.71 bits per heavy atom. The van der Waals surface area contributed by atoms with Crippen molar-refractivity contribution in [2.75, 3.05) is 0 Å². The minimum atomic E-state index is 0.536. The smallest absolute Gasteiger partial charge is 0.247 e. The standard InChI is InChI=1S/C16H16N4O/c1-12-7-8-17-9-14(12)10-18-11-15-19-20-16(21-15)13-5-3-2-4-6-13/h2-9,18H,10-11H2,1H3. The van der Waals surface area contributed by atoms with E-state index in [4.69, 9.17) is 4.42 Å². The molecule has 1 N–H and O–H groups in total. The second-order valence-corrected chi connectivity index (χ2v) is 4.77. The summed E-state index contributed by atoms with van der Waals surface area (Å²) in [4.78, 5) is 4.12. The summed E-state index contributed by atoms with van der Waals surface area (Å²) < 4.78 is 5.64. The molecular formula is C16H16N4O. The molecule has 0 aliphatic rings. The molecule has 3 aromatic rings. The molecular weight excluding hydrogens is 264 g/mol. The van der Waals surface area contributed by atoms with Gasteiger partial charge in [-0.15, -0.1) is 10.2 Å². The Balaban J connectivity index is 1.60. The zero-order chi connectivity index (χ0) is 14.5. The first-order valence-corrected chi connectivity index (χ1v) is 6.81. The maximum Gasteiger partial charge on any atom is 0.247 e. The molecule has 0 unspecified atom stereocenters. The van der Waals surface area contributed by atoms with Crippen LogP contribution in [-0.2, 0) is 13.1 Å². The van der Waals surface area contributed by atoms with Crippen LogP contribution in [0.1, 0.15) is 17.0 Å². The van der Waals surface area contributed by atoms with Crippen LogP contribution in [0.5, 0.6) is 0 Å². The molecule has 106 valence electrons. The van der Waals surface area contributed by atoms with E-state index in [1.165, 1.54) is 11.1 Å². The van der Waals surface area contributed by atoms with Crippen LogP contribution in [0.2, 0.25) is 0 Å². The van der Waals surface area contributed by atoms with E-state index in [-0.39, 0.29) is 0 Å². The Bertz CT molecular complexity index is 709. The molecule has 2 heterocycles. The van der Waals surface area contributed by atoms with E-state index in [1.54, 1.807) is 6.20 Å². The van der Waals surface area contributed by atoms with Crippen LogP contribution in [0.15, 0.2) is 53.2 Å². The number of rotatable bonds is 5. The van der Waals surface area contributed by atoms with Gasteiger partial charge >= 0.3 is 0 Å². The first-order valence-electron chi connectivity index (χ1n) is 6.81. The second kappa shape index (κ2) is 6.28. The van der Waals surface area contributed by atoms with E-state index in [1.807, 2.05) is 42.6 Å². The number of benzene rings is 1. The highest BCUT2D eigenvalue weighted by Crippen LogP contribution is 2.16. The van der Waals surface area contributed by atoms with Crippen LogP contribution in [-0.4, -0.2) is 15.2 Å². The summed E-state index contributed by atoms with van der Waals surface area (Å²) in [7, 11) is 0. The Labute approximate surface area is 123 Å². The molecule has 1 aromatic carbocycles. The number of hydrogen-bond donors (Lipinski definition) is 1. The zero-order valence-electron chi connectivity index (χ0n) is 11.8. The highest BCUT2D eigenvalue weighted by Gasteiger charge is 2.07. The Morgan fingerprint density at radius 2 is 1.90 bits per heavy atom. The number of pyridine rings is 1. The normalized spacial score (nSPS) is 10.7. The lowest BCUT2D eigenvalue weighted by Gasteiger charge is -2.04. The predicted molar refractivity (Wildman–Crippen MR) is 79.3 cm³/mol. The van der Waals surface area contributed by atoms with Gasteiger partial charge in [0.05, 0.1) is 6.54 Å². The predicted octanol–water partition coefficient (Wildman–Crippen LogP) is 2.73. The van der Waals surface area contributed by atoms with Gasteiger partial charge in [0, 0.05) is 24.5 Å². The summed E-state index contributed by atoms with van der Waals surface area (Å²) in [5, 5.41) is 11.4. The van der Waals surface area contributed by atoms with Crippen LogP contribution in [0.3, 0.4) is 0 Å². The van der Waals surface area contributed by atoms with Crippen LogP contribution >= 0.6 is 0 Å². The van der Waals surface area contributed by atoms with E-state index in [0.717, 1.165) is 12.1 Å². The van der Waals surface area contributed by atoms with Crippen LogP contribution in [0, 0.1) is 6.92 Å². The van der Waals surface area contributed by atoms with Crippen LogP contribution < -0.4 is 5.32 Å². The molecule has 0 amide bonds. The summed E-state index contributed by atoms with van der Waals surface area (Å²) in [6.45, 7) is 3.33. The van der Waals surface area contributed by atoms with Crippen molar-refractivity contribution < 1.29 is 4.42 Å². The third kappa shape index (κ3) is 3.32. The molecule has 0 aliphatic heterocycles. The number of aryl methyl sites for hydroxylation is 1. The van der Waals surface area contributed by atoms with Gasteiger partial charge in [-0.3, -0.25) is 4.98 Å². The lowest BCUT2D eigenvalue weighted by Crippen LogP contribution is -2.13. The molecule has 3 rings (SSSR count). The molecule has 2 aromatic heterocycles. The van der Waals surface area contributed by atoms with Gasteiger partial charge in [-0.1, -0.05) is 18.2 Å². The van der Waals surface area contributed by atoms with Gasteiger partial charge in [-0.05, 0) is 36.2 Å². The van der Waals surface area contributed by atoms with Gasteiger partial charge < -0.3 is 9.73 Å². The minimum Gasteiger partial charge on any atom is -0.419 e. The molecule has 0 saturated carbocycles. The van der Waals surface area contributed by atoms with Crippen molar-refractivity contribution in [2.45, 2.75) is 20.0 Å². The molecule has 0 aliphatic carbocycles. The highest BCUT2D eigenvalue weighted by molar-refractivity contribution is 5.51. The molecule has 0 spiro atoms. The van der Waals surface area contributed by atoms with Crippen molar-refractivity contribution in [1.29, 1.82) is 0 Å². The Kier molecular flexibility index (Phi) is 4.02. The van der Waals surface area contributed by atoms with E-state index in [2.05, 4.69) is 27.4 Å². The summed E-state index contributed by atoms with van der Waals surface area (Å²) in [5.74, 6) is 1.13. The first kappa shape index (κ1) is 13.5. The molecule has 5 nitrogen and oxygen atoms in total. The van der Waals surface area contributed by atoms with E-state index in [9.17, 15) is 0 Å². The summed E-state index contributed by atoms with van der Waals surface area (Å²) in [5.41, 5.74) is 3.31. The number of aromatic nitrogens is 3. The third-order valence-corrected chi connectivity index (χ3v) is 3.23. The monoisotopic (exact) mass is 280 g/mol. The Morgan fingerprint density at radius 1 is 1.05 bits per heavy atom. The average Bonchev–Trinajstić information content (AvgIpc) is 2.99. The van der Waals surface area contributed by atoms with Gasteiger partial charge in [-0.25, -0.2) is 0 Å². The van der Waals surface area contributed by atoms with Crippen LogP contribution in [0.4, 0.5) is 0 Å². The van der Waals surface area contributed by atoms with Gasteiger partial charge in [0.1, 0.15) is 0 Å².